The molecule has 1 atom stereocenters. The molecule has 1 unspecified atom stereocenters. The van der Waals surface area contributed by atoms with Crippen molar-refractivity contribution in [2.45, 2.75) is 45.2 Å². The molecule has 1 fully saturated rings. The Morgan fingerprint density at radius 3 is 2.60 bits per heavy atom. The van der Waals surface area contributed by atoms with E-state index < -0.39 is 0 Å². The number of nitrogens with zero attached hydrogens (tertiary/aromatic N) is 1. The Bertz CT molecular complexity index is 214. The minimum absolute atomic E-state index is 0.0356. The van der Waals surface area contributed by atoms with Crippen molar-refractivity contribution in [2.75, 3.05) is 13.6 Å². The van der Waals surface area contributed by atoms with Crippen molar-refractivity contribution in [1.29, 1.82) is 0 Å². The van der Waals surface area contributed by atoms with Crippen LogP contribution in [0.15, 0.2) is 0 Å². The molecule has 1 saturated carbocycles. The fourth-order valence-electron chi connectivity index (χ4n) is 1.29. The summed E-state index contributed by atoms with van der Waals surface area (Å²) in [5.74, 6) is 0.477. The van der Waals surface area contributed by atoms with Crippen LogP contribution in [0.5, 0.6) is 0 Å². The zero-order valence-corrected chi connectivity index (χ0v) is 9.99. The lowest BCUT2D eigenvalue weighted by atomic mass is 10.0. The van der Waals surface area contributed by atoms with Crippen LogP contribution < -0.4 is 11.1 Å². The molecule has 1 aliphatic rings. The van der Waals surface area contributed by atoms with Gasteiger partial charge < -0.3 is 16.0 Å². The fraction of sp³-hybridized carbons (Fsp3) is 0.909. The van der Waals surface area contributed by atoms with Gasteiger partial charge in [-0.3, -0.25) is 0 Å². The molecule has 0 aromatic heterocycles. The molecule has 1 rings (SSSR count). The molecule has 0 heterocycles. The van der Waals surface area contributed by atoms with Crippen LogP contribution in [0.25, 0.3) is 0 Å². The maximum atomic E-state index is 11.5. The summed E-state index contributed by atoms with van der Waals surface area (Å²) in [7, 11) is 1.82. The molecule has 0 spiro atoms. The van der Waals surface area contributed by atoms with Gasteiger partial charge in [0.25, 0.3) is 0 Å². The van der Waals surface area contributed by atoms with Gasteiger partial charge in [-0.15, -0.1) is 0 Å². The second-order valence-corrected chi connectivity index (χ2v) is 4.84. The second-order valence-electron chi connectivity index (χ2n) is 4.84. The number of nitrogens with one attached hydrogen (secondary N) is 1. The molecule has 3 N–H and O–H groups in total. The first-order chi connectivity index (χ1) is 7.00. The van der Waals surface area contributed by atoms with Crippen molar-refractivity contribution in [3.63, 3.8) is 0 Å². The van der Waals surface area contributed by atoms with E-state index in [9.17, 15) is 4.79 Å². The molecule has 0 saturated heterocycles. The van der Waals surface area contributed by atoms with E-state index in [4.69, 9.17) is 5.73 Å². The number of hydrogen-bond acceptors (Lipinski definition) is 2. The molecule has 15 heavy (non-hydrogen) atoms. The summed E-state index contributed by atoms with van der Waals surface area (Å²) in [4.78, 5) is 13.3. The number of carbonyl (C=O) groups is 1. The lowest BCUT2D eigenvalue weighted by molar-refractivity contribution is 0.205. The lowest BCUT2D eigenvalue weighted by Gasteiger charge is -2.21. The topological polar surface area (TPSA) is 58.4 Å². The van der Waals surface area contributed by atoms with Crippen molar-refractivity contribution < 1.29 is 4.79 Å². The molecule has 0 aliphatic heterocycles. The summed E-state index contributed by atoms with van der Waals surface area (Å²) < 4.78 is 0. The van der Waals surface area contributed by atoms with Gasteiger partial charge in [0.1, 0.15) is 0 Å². The van der Waals surface area contributed by atoms with Crippen LogP contribution in [-0.4, -0.2) is 36.6 Å². The highest BCUT2D eigenvalue weighted by molar-refractivity contribution is 5.74. The Morgan fingerprint density at radius 1 is 1.53 bits per heavy atom. The largest absolute Gasteiger partial charge is 0.335 e. The average molecular weight is 213 g/mol. The van der Waals surface area contributed by atoms with E-state index in [2.05, 4.69) is 19.2 Å². The van der Waals surface area contributed by atoms with Gasteiger partial charge >= 0.3 is 6.03 Å². The molecule has 88 valence electrons. The van der Waals surface area contributed by atoms with Crippen molar-refractivity contribution in [3.05, 3.63) is 0 Å². The van der Waals surface area contributed by atoms with Crippen LogP contribution >= 0.6 is 0 Å². The van der Waals surface area contributed by atoms with Gasteiger partial charge in [0.15, 0.2) is 0 Å². The summed E-state index contributed by atoms with van der Waals surface area (Å²) in [6.07, 6.45) is 3.13. The predicted molar refractivity (Wildman–Crippen MR) is 61.6 cm³/mol. The Hall–Kier alpha value is -0.770. The van der Waals surface area contributed by atoms with Crippen LogP contribution in [0.4, 0.5) is 4.79 Å². The molecule has 0 bridgehead atoms. The summed E-state index contributed by atoms with van der Waals surface area (Å²) in [5, 5.41) is 2.95. The van der Waals surface area contributed by atoms with E-state index in [-0.39, 0.29) is 12.1 Å². The molecule has 0 aromatic carbocycles. The SMILES string of the molecule is CC(C)C(N)CCN(C)C(=O)NC1CC1. The van der Waals surface area contributed by atoms with Crippen LogP contribution in [0.1, 0.15) is 33.1 Å². The highest BCUT2D eigenvalue weighted by Gasteiger charge is 2.24. The minimum Gasteiger partial charge on any atom is -0.335 e. The molecule has 0 radical (unpaired) electrons. The van der Waals surface area contributed by atoms with Gasteiger partial charge in [-0.2, -0.15) is 0 Å². The predicted octanol–water partition coefficient (Wildman–Crippen LogP) is 1.16. The number of nitrogens with two attached hydrogens (primary N) is 1. The first-order valence-corrected chi connectivity index (χ1v) is 5.78. The highest BCUT2D eigenvalue weighted by Crippen LogP contribution is 2.18. The summed E-state index contributed by atoms with van der Waals surface area (Å²) >= 11 is 0. The van der Waals surface area contributed by atoms with Crippen molar-refractivity contribution in [3.8, 4) is 0 Å². The Balaban J connectivity index is 2.16. The minimum atomic E-state index is 0.0356. The van der Waals surface area contributed by atoms with E-state index in [1.54, 1.807) is 4.90 Å². The van der Waals surface area contributed by atoms with Crippen molar-refractivity contribution >= 4 is 6.03 Å². The standard InChI is InChI=1S/C11H23N3O/c1-8(2)10(12)6-7-14(3)11(15)13-9-4-5-9/h8-10H,4-7,12H2,1-3H3,(H,13,15). The van der Waals surface area contributed by atoms with Gasteiger partial charge in [-0.25, -0.2) is 4.79 Å². The molecule has 0 aromatic rings. The van der Waals surface area contributed by atoms with Crippen molar-refractivity contribution in [1.82, 2.24) is 10.2 Å². The van der Waals surface area contributed by atoms with Gasteiger partial charge in [-0.1, -0.05) is 13.8 Å². The monoisotopic (exact) mass is 213 g/mol. The van der Waals surface area contributed by atoms with E-state index in [1.807, 2.05) is 7.05 Å². The van der Waals surface area contributed by atoms with Crippen molar-refractivity contribution in [2.24, 2.45) is 11.7 Å². The lowest BCUT2D eigenvalue weighted by Crippen LogP contribution is -2.41. The zero-order chi connectivity index (χ0) is 11.4. The number of carbonyl (C=O) groups excluding carboxylic acids is 1. The third-order valence-electron chi connectivity index (χ3n) is 2.91. The van der Waals surface area contributed by atoms with Gasteiger partial charge in [0.05, 0.1) is 0 Å². The summed E-state index contributed by atoms with van der Waals surface area (Å²) in [5.41, 5.74) is 5.92. The fourth-order valence-corrected chi connectivity index (χ4v) is 1.29. The maximum absolute atomic E-state index is 11.5. The summed E-state index contributed by atoms with van der Waals surface area (Å²) in [6.45, 7) is 4.95. The molecule has 1 aliphatic carbocycles. The molecular weight excluding hydrogens is 190 g/mol. The maximum Gasteiger partial charge on any atom is 0.317 e. The first-order valence-electron chi connectivity index (χ1n) is 5.78. The number of amides is 2. The normalized spacial score (nSPS) is 17.7. The Kier molecular flexibility index (Phi) is 4.39. The first kappa shape index (κ1) is 12.3. The number of urea groups is 1. The highest BCUT2D eigenvalue weighted by atomic mass is 16.2. The van der Waals surface area contributed by atoms with E-state index in [0.29, 0.717) is 12.0 Å². The van der Waals surface area contributed by atoms with Crippen LogP contribution in [0, 0.1) is 5.92 Å². The smallest absolute Gasteiger partial charge is 0.317 e. The molecule has 2 amide bonds. The second kappa shape index (κ2) is 5.35. The van der Waals surface area contributed by atoms with Gasteiger partial charge in [0, 0.05) is 25.7 Å². The van der Waals surface area contributed by atoms with Crippen LogP contribution in [-0.2, 0) is 0 Å². The zero-order valence-electron chi connectivity index (χ0n) is 9.99. The number of rotatable bonds is 5. The van der Waals surface area contributed by atoms with E-state index >= 15 is 0 Å². The van der Waals surface area contributed by atoms with Crippen LogP contribution in [0.2, 0.25) is 0 Å². The van der Waals surface area contributed by atoms with Gasteiger partial charge in [-0.05, 0) is 25.2 Å². The van der Waals surface area contributed by atoms with E-state index in [1.165, 1.54) is 0 Å². The Morgan fingerprint density at radius 2 is 2.13 bits per heavy atom. The quantitative estimate of drug-likeness (QED) is 0.720. The van der Waals surface area contributed by atoms with Crippen LogP contribution in [0.3, 0.4) is 0 Å². The third-order valence-corrected chi connectivity index (χ3v) is 2.91. The Labute approximate surface area is 92.2 Å². The molecular formula is C11H23N3O. The molecule has 4 nitrogen and oxygen atoms in total. The number of hydrogen-bond donors (Lipinski definition) is 2. The average Bonchev–Trinajstić information content (AvgIpc) is 2.96. The third kappa shape index (κ3) is 4.51. The van der Waals surface area contributed by atoms with E-state index in [0.717, 1.165) is 25.8 Å². The summed E-state index contributed by atoms with van der Waals surface area (Å²) in [6, 6.07) is 0.647. The van der Waals surface area contributed by atoms with Gasteiger partial charge in [0.2, 0.25) is 0 Å². The molecule has 4 heteroatoms.